The highest BCUT2D eigenvalue weighted by atomic mass is 19.3. The molecule has 0 unspecified atom stereocenters. The zero-order valence-corrected chi connectivity index (χ0v) is 17.9. The van der Waals surface area contributed by atoms with Crippen LogP contribution in [0.3, 0.4) is 0 Å². The highest BCUT2D eigenvalue weighted by Crippen LogP contribution is 2.31. The quantitative estimate of drug-likeness (QED) is 0.360. The molecule has 0 aliphatic carbocycles. The average Bonchev–Trinajstić information content (AvgIpc) is 3.23. The van der Waals surface area contributed by atoms with Crippen molar-refractivity contribution in [3.05, 3.63) is 61.2 Å². The van der Waals surface area contributed by atoms with E-state index in [1.165, 1.54) is 19.4 Å². The summed E-state index contributed by atoms with van der Waals surface area (Å²) in [5, 5.41) is 9.62. The molecule has 176 valence electrons. The van der Waals surface area contributed by atoms with Gasteiger partial charge in [0.1, 0.15) is 12.4 Å². The van der Waals surface area contributed by atoms with Crippen LogP contribution >= 0.6 is 0 Å². The van der Waals surface area contributed by atoms with Crippen molar-refractivity contribution in [1.82, 2.24) is 24.9 Å². The first-order valence-corrected chi connectivity index (χ1v) is 10.1. The van der Waals surface area contributed by atoms with Crippen molar-refractivity contribution in [3.8, 4) is 28.5 Å². The Morgan fingerprint density at radius 3 is 2.82 bits per heavy atom. The number of hydrogen-bond donors (Lipinski definition) is 2. The van der Waals surface area contributed by atoms with Crippen LogP contribution in [0, 0.1) is 0 Å². The zero-order valence-electron chi connectivity index (χ0n) is 17.9. The number of ether oxygens (including phenoxy) is 3. The van der Waals surface area contributed by atoms with Crippen LogP contribution in [-0.2, 0) is 0 Å². The number of fused-ring (bicyclic) bond motifs is 1. The Labute approximate surface area is 192 Å². The number of anilines is 1. The molecule has 0 aliphatic heterocycles. The van der Waals surface area contributed by atoms with Crippen molar-refractivity contribution < 1.29 is 27.8 Å². The Bertz CT molecular complexity index is 1270. The Morgan fingerprint density at radius 2 is 2.06 bits per heavy atom. The molecule has 0 aliphatic rings. The lowest BCUT2D eigenvalue weighted by atomic mass is 10.1. The maximum absolute atomic E-state index is 12.7. The van der Waals surface area contributed by atoms with Crippen molar-refractivity contribution in [3.63, 3.8) is 0 Å². The number of pyridine rings is 3. The molecule has 34 heavy (non-hydrogen) atoms. The molecule has 0 radical (unpaired) electrons. The molecule has 4 aromatic rings. The van der Waals surface area contributed by atoms with Crippen molar-refractivity contribution >= 4 is 17.4 Å². The number of methoxy groups -OCH3 is 1. The Morgan fingerprint density at radius 1 is 1.18 bits per heavy atom. The molecular formula is C22H20F2N6O4. The fourth-order valence-electron chi connectivity index (χ4n) is 3.09. The van der Waals surface area contributed by atoms with E-state index in [9.17, 15) is 13.6 Å². The lowest BCUT2D eigenvalue weighted by Crippen LogP contribution is -2.32. The van der Waals surface area contributed by atoms with Crippen molar-refractivity contribution in [2.45, 2.75) is 6.61 Å². The summed E-state index contributed by atoms with van der Waals surface area (Å²) in [6.07, 6.45) is 6.38. The van der Waals surface area contributed by atoms with Gasteiger partial charge in [-0.25, -0.2) is 14.3 Å². The number of rotatable bonds is 9. The van der Waals surface area contributed by atoms with Crippen LogP contribution < -0.4 is 24.8 Å². The van der Waals surface area contributed by atoms with E-state index in [1.54, 1.807) is 53.4 Å². The lowest BCUT2D eigenvalue weighted by molar-refractivity contribution is -0.0515. The first-order valence-electron chi connectivity index (χ1n) is 10.1. The van der Waals surface area contributed by atoms with E-state index in [4.69, 9.17) is 9.47 Å². The molecule has 0 aromatic carbocycles. The average molecular weight is 470 g/mol. The van der Waals surface area contributed by atoms with Crippen LogP contribution in [0.25, 0.3) is 16.6 Å². The molecule has 4 heterocycles. The number of hydrogen-bond acceptors (Lipinski definition) is 7. The number of urea groups is 1. The van der Waals surface area contributed by atoms with Gasteiger partial charge in [-0.15, -0.1) is 5.10 Å². The summed E-state index contributed by atoms with van der Waals surface area (Å²) in [5.74, 6) is 0.728. The molecule has 4 aromatic heterocycles. The minimum absolute atomic E-state index is 0.0437. The smallest absolute Gasteiger partial charge is 0.387 e. The van der Waals surface area contributed by atoms with Crippen molar-refractivity contribution in [2.24, 2.45) is 0 Å². The summed E-state index contributed by atoms with van der Waals surface area (Å²) in [5.41, 5.74) is 1.89. The number of alkyl halides is 2. The number of nitrogens with zero attached hydrogens (tertiary/aromatic N) is 4. The van der Waals surface area contributed by atoms with Gasteiger partial charge in [-0.2, -0.15) is 8.78 Å². The highest BCUT2D eigenvalue weighted by Gasteiger charge is 2.14. The largest absolute Gasteiger partial charge is 0.490 e. The van der Waals surface area contributed by atoms with Crippen LogP contribution in [0.1, 0.15) is 0 Å². The molecule has 0 bridgehead atoms. The fraction of sp³-hybridized carbons (Fsp3) is 0.182. The summed E-state index contributed by atoms with van der Waals surface area (Å²) < 4.78 is 41.9. The number of halogens is 2. The van der Waals surface area contributed by atoms with Gasteiger partial charge in [0.2, 0.25) is 0 Å². The van der Waals surface area contributed by atoms with Gasteiger partial charge >= 0.3 is 12.6 Å². The minimum Gasteiger partial charge on any atom is -0.490 e. The monoisotopic (exact) mass is 470 g/mol. The normalized spacial score (nSPS) is 10.8. The predicted octanol–water partition coefficient (Wildman–Crippen LogP) is 3.60. The number of nitrogens with one attached hydrogen (secondary N) is 2. The van der Waals surface area contributed by atoms with E-state index >= 15 is 0 Å². The van der Waals surface area contributed by atoms with Gasteiger partial charge in [0.05, 0.1) is 25.4 Å². The van der Waals surface area contributed by atoms with Crippen molar-refractivity contribution in [1.29, 1.82) is 0 Å². The van der Waals surface area contributed by atoms with Crippen LogP contribution in [-0.4, -0.2) is 52.5 Å². The molecular weight excluding hydrogens is 450 g/mol. The van der Waals surface area contributed by atoms with Gasteiger partial charge in [0, 0.05) is 30.2 Å². The number of carbonyl (C=O) groups is 1. The molecule has 12 heteroatoms. The van der Waals surface area contributed by atoms with E-state index in [-0.39, 0.29) is 24.8 Å². The highest BCUT2D eigenvalue weighted by molar-refractivity contribution is 5.89. The van der Waals surface area contributed by atoms with Crippen LogP contribution in [0.4, 0.5) is 19.4 Å². The third-order valence-electron chi connectivity index (χ3n) is 4.56. The molecule has 0 spiro atoms. The van der Waals surface area contributed by atoms with Gasteiger partial charge in [-0.3, -0.25) is 10.3 Å². The third kappa shape index (κ3) is 5.65. The molecule has 0 fully saturated rings. The lowest BCUT2D eigenvalue weighted by Gasteiger charge is -2.10. The summed E-state index contributed by atoms with van der Waals surface area (Å²) in [4.78, 5) is 20.1. The fourth-order valence-corrected chi connectivity index (χ4v) is 3.09. The third-order valence-corrected chi connectivity index (χ3v) is 4.56. The predicted molar refractivity (Wildman–Crippen MR) is 118 cm³/mol. The summed E-state index contributed by atoms with van der Waals surface area (Å²) in [6, 6.07) is 9.68. The van der Waals surface area contributed by atoms with E-state index in [0.717, 1.165) is 0 Å². The number of aromatic nitrogens is 4. The minimum atomic E-state index is -3.01. The second-order valence-corrected chi connectivity index (χ2v) is 6.84. The molecule has 2 amide bonds. The van der Waals surface area contributed by atoms with Crippen LogP contribution in [0.2, 0.25) is 0 Å². The van der Waals surface area contributed by atoms with E-state index in [2.05, 4.69) is 30.4 Å². The molecule has 0 saturated carbocycles. The maximum atomic E-state index is 12.7. The Kier molecular flexibility index (Phi) is 6.96. The maximum Gasteiger partial charge on any atom is 0.387 e. The SMILES string of the molecule is COc1ncc(-c2ccn3nc(NC(=O)NCCOc4cccnc4)cc3c2)cc1OC(F)F. The number of amides is 2. The summed E-state index contributed by atoms with van der Waals surface area (Å²) in [7, 11) is 1.32. The van der Waals surface area contributed by atoms with E-state index in [0.29, 0.717) is 28.2 Å². The standard InChI is InChI=1S/C22H20F2N6O4/c1-32-20-18(34-21(23)24)10-15(12-27-20)14-4-7-30-16(9-14)11-19(29-30)28-22(31)26-6-8-33-17-3-2-5-25-13-17/h2-5,7,9-13,21H,6,8H2,1H3,(H2,26,28,29,31). The molecule has 2 N–H and O–H groups in total. The van der Waals surface area contributed by atoms with Crippen LogP contribution in [0.5, 0.6) is 17.4 Å². The van der Waals surface area contributed by atoms with E-state index < -0.39 is 12.6 Å². The second kappa shape index (κ2) is 10.4. The number of carbonyl (C=O) groups excluding carboxylic acids is 1. The van der Waals surface area contributed by atoms with Gasteiger partial charge in [0.25, 0.3) is 5.88 Å². The summed E-state index contributed by atoms with van der Waals surface area (Å²) >= 11 is 0. The van der Waals surface area contributed by atoms with Gasteiger partial charge in [-0.05, 0) is 35.9 Å². The second-order valence-electron chi connectivity index (χ2n) is 6.84. The first-order chi connectivity index (χ1) is 16.5. The zero-order chi connectivity index (χ0) is 23.9. The Balaban J connectivity index is 1.39. The summed E-state index contributed by atoms with van der Waals surface area (Å²) in [6.45, 7) is -2.45. The van der Waals surface area contributed by atoms with Gasteiger partial charge < -0.3 is 19.5 Å². The molecule has 10 nitrogen and oxygen atoms in total. The van der Waals surface area contributed by atoms with Crippen LogP contribution in [0.15, 0.2) is 61.2 Å². The first kappa shape index (κ1) is 22.7. The van der Waals surface area contributed by atoms with Crippen molar-refractivity contribution in [2.75, 3.05) is 25.6 Å². The van der Waals surface area contributed by atoms with Gasteiger partial charge in [0.15, 0.2) is 11.6 Å². The Hall–Kier alpha value is -4.48. The molecule has 0 saturated heterocycles. The van der Waals surface area contributed by atoms with Gasteiger partial charge in [-0.1, -0.05) is 0 Å². The molecule has 0 atom stereocenters. The van der Waals surface area contributed by atoms with E-state index in [1.807, 2.05) is 0 Å². The topological polar surface area (TPSA) is 112 Å². The molecule has 4 rings (SSSR count).